The highest BCUT2D eigenvalue weighted by atomic mass is 16.6. The minimum atomic E-state index is -0.364. The number of hydrogen-bond donors (Lipinski definition) is 1. The number of aromatic hydroxyl groups is 1. The van der Waals surface area contributed by atoms with Crippen LogP contribution in [0.1, 0.15) is 173 Å². The molecule has 39 heavy (non-hydrogen) atoms. The van der Waals surface area contributed by atoms with E-state index in [-0.39, 0.29) is 29.2 Å². The molecule has 1 aromatic carbocycles. The van der Waals surface area contributed by atoms with E-state index in [2.05, 4.69) is 6.92 Å². The molecule has 226 valence electrons. The van der Waals surface area contributed by atoms with Crippen molar-refractivity contribution >= 4 is 5.97 Å². The molecule has 0 bridgehead atoms. The van der Waals surface area contributed by atoms with Crippen LogP contribution < -0.4 is 0 Å². The van der Waals surface area contributed by atoms with E-state index in [1.807, 2.05) is 41.5 Å². The molecule has 0 saturated heterocycles. The van der Waals surface area contributed by atoms with Crippen LogP contribution in [0.4, 0.5) is 0 Å². The van der Waals surface area contributed by atoms with E-state index in [0.717, 1.165) is 24.2 Å². The van der Waals surface area contributed by atoms with Gasteiger partial charge in [0.15, 0.2) is 0 Å². The standard InChI is InChI=1S/C35H62O4/c1-8-9-10-11-12-13-14-15-16-17-18-19-20-21-22-23-24-38-25-26-39-33(37)29-27-30(34(2,3)4)32(36)31(28-29)35(5,6)7/h27-28,36H,8-26H2,1-7H3. The first-order valence-corrected chi connectivity index (χ1v) is 16.1. The fourth-order valence-electron chi connectivity index (χ4n) is 5.03. The highest BCUT2D eigenvalue weighted by Crippen LogP contribution is 2.39. The van der Waals surface area contributed by atoms with Crippen molar-refractivity contribution < 1.29 is 19.4 Å². The molecule has 0 spiro atoms. The number of phenols is 1. The minimum Gasteiger partial charge on any atom is -0.507 e. The van der Waals surface area contributed by atoms with Crippen LogP contribution in [0.25, 0.3) is 0 Å². The lowest BCUT2D eigenvalue weighted by Gasteiger charge is -2.27. The maximum absolute atomic E-state index is 12.7. The molecule has 0 aromatic heterocycles. The van der Waals surface area contributed by atoms with Gasteiger partial charge in [-0.15, -0.1) is 0 Å². The smallest absolute Gasteiger partial charge is 0.338 e. The topological polar surface area (TPSA) is 55.8 Å². The third-order valence-electron chi connectivity index (χ3n) is 7.56. The molecule has 4 heteroatoms. The Labute approximate surface area is 241 Å². The van der Waals surface area contributed by atoms with Crippen LogP contribution >= 0.6 is 0 Å². The van der Waals surface area contributed by atoms with Gasteiger partial charge in [0, 0.05) is 17.7 Å². The molecule has 4 nitrogen and oxygen atoms in total. The number of hydrogen-bond acceptors (Lipinski definition) is 4. The first kappa shape index (κ1) is 35.5. The summed E-state index contributed by atoms with van der Waals surface area (Å²) < 4.78 is 11.2. The van der Waals surface area contributed by atoms with E-state index in [9.17, 15) is 9.90 Å². The zero-order valence-electron chi connectivity index (χ0n) is 26.8. The van der Waals surface area contributed by atoms with Crippen molar-refractivity contribution in [3.8, 4) is 5.75 Å². The summed E-state index contributed by atoms with van der Waals surface area (Å²) in [4.78, 5) is 12.7. The molecule has 0 saturated carbocycles. The molecular formula is C35H62O4. The van der Waals surface area contributed by atoms with Gasteiger partial charge in [0.05, 0.1) is 12.2 Å². The van der Waals surface area contributed by atoms with Crippen molar-refractivity contribution in [3.63, 3.8) is 0 Å². The van der Waals surface area contributed by atoms with E-state index < -0.39 is 0 Å². The van der Waals surface area contributed by atoms with E-state index in [0.29, 0.717) is 12.2 Å². The zero-order valence-corrected chi connectivity index (χ0v) is 26.8. The molecule has 0 aliphatic heterocycles. The molecule has 1 aromatic rings. The number of carbonyl (C=O) groups is 1. The molecule has 0 unspecified atom stereocenters. The third-order valence-corrected chi connectivity index (χ3v) is 7.56. The molecule has 0 heterocycles. The molecular weight excluding hydrogens is 484 g/mol. The summed E-state index contributed by atoms with van der Waals surface area (Å²) in [6.45, 7) is 15.9. The molecule has 0 amide bonds. The summed E-state index contributed by atoms with van der Waals surface area (Å²) in [6.07, 6.45) is 21.8. The number of rotatable bonds is 21. The predicted octanol–water partition coefficient (Wildman–Crippen LogP) is 10.4. The molecule has 0 radical (unpaired) electrons. The molecule has 0 atom stereocenters. The molecule has 1 N–H and O–H groups in total. The second kappa shape index (κ2) is 19.5. The first-order chi connectivity index (χ1) is 18.5. The summed E-state index contributed by atoms with van der Waals surface area (Å²) in [5.41, 5.74) is 1.45. The zero-order chi connectivity index (χ0) is 29.2. The fourth-order valence-corrected chi connectivity index (χ4v) is 5.03. The maximum Gasteiger partial charge on any atom is 0.338 e. The van der Waals surface area contributed by atoms with Crippen LogP contribution in [0.2, 0.25) is 0 Å². The summed E-state index contributed by atoms with van der Waals surface area (Å²) >= 11 is 0. The van der Waals surface area contributed by atoms with Gasteiger partial charge in [-0.1, -0.05) is 145 Å². The molecule has 0 fully saturated rings. The van der Waals surface area contributed by atoms with Crippen molar-refractivity contribution in [2.24, 2.45) is 0 Å². The Morgan fingerprint density at radius 2 is 1.00 bits per heavy atom. The Kier molecular flexibility index (Phi) is 17.8. The number of benzene rings is 1. The van der Waals surface area contributed by atoms with E-state index >= 15 is 0 Å². The largest absolute Gasteiger partial charge is 0.507 e. The minimum absolute atomic E-state index is 0.244. The first-order valence-electron chi connectivity index (χ1n) is 16.1. The van der Waals surface area contributed by atoms with Gasteiger partial charge in [-0.25, -0.2) is 4.79 Å². The van der Waals surface area contributed by atoms with Gasteiger partial charge in [-0.05, 0) is 29.4 Å². The normalized spacial score (nSPS) is 12.2. The van der Waals surface area contributed by atoms with Crippen molar-refractivity contribution in [2.75, 3.05) is 19.8 Å². The van der Waals surface area contributed by atoms with Crippen LogP contribution in [0.15, 0.2) is 12.1 Å². The quantitative estimate of drug-likeness (QED) is 0.123. The summed E-state index contributed by atoms with van der Waals surface area (Å²) in [5, 5.41) is 10.8. The van der Waals surface area contributed by atoms with E-state index in [1.165, 1.54) is 96.3 Å². The van der Waals surface area contributed by atoms with Gasteiger partial charge < -0.3 is 14.6 Å². The van der Waals surface area contributed by atoms with Crippen LogP contribution in [-0.2, 0) is 20.3 Å². The van der Waals surface area contributed by atoms with Crippen molar-refractivity contribution in [3.05, 3.63) is 28.8 Å². The van der Waals surface area contributed by atoms with E-state index in [4.69, 9.17) is 9.47 Å². The highest BCUT2D eigenvalue weighted by molar-refractivity contribution is 5.90. The van der Waals surface area contributed by atoms with Gasteiger partial charge >= 0.3 is 5.97 Å². The average molecular weight is 547 g/mol. The number of ether oxygens (including phenoxy) is 2. The van der Waals surface area contributed by atoms with Crippen LogP contribution in [-0.4, -0.2) is 30.9 Å². The lowest BCUT2D eigenvalue weighted by Crippen LogP contribution is -2.20. The number of carbonyl (C=O) groups excluding carboxylic acids is 1. The summed E-state index contributed by atoms with van der Waals surface area (Å²) in [6, 6.07) is 3.54. The van der Waals surface area contributed by atoms with Gasteiger partial charge in [0.1, 0.15) is 12.4 Å². The summed E-state index contributed by atoms with van der Waals surface area (Å²) in [7, 11) is 0. The third kappa shape index (κ3) is 15.7. The van der Waals surface area contributed by atoms with Crippen molar-refractivity contribution in [2.45, 2.75) is 162 Å². The number of esters is 1. The number of phenolic OH excluding ortho intramolecular Hbond substituents is 1. The molecule has 0 aliphatic carbocycles. The second-order valence-electron chi connectivity index (χ2n) is 13.5. The Morgan fingerprint density at radius 3 is 1.38 bits per heavy atom. The van der Waals surface area contributed by atoms with E-state index in [1.54, 1.807) is 12.1 Å². The SMILES string of the molecule is CCCCCCCCCCCCCCCCCCOCCOC(=O)c1cc(C(C)(C)C)c(O)c(C(C)(C)C)c1. The van der Waals surface area contributed by atoms with Gasteiger partial charge in [0.25, 0.3) is 0 Å². The molecule has 0 aliphatic rings. The Balaban J connectivity index is 2.10. The summed E-state index contributed by atoms with van der Waals surface area (Å²) in [5.74, 6) is -0.0919. The van der Waals surface area contributed by atoms with Gasteiger partial charge in [-0.2, -0.15) is 0 Å². The monoisotopic (exact) mass is 546 g/mol. The second-order valence-corrected chi connectivity index (χ2v) is 13.5. The highest BCUT2D eigenvalue weighted by Gasteiger charge is 2.28. The Bertz CT molecular complexity index is 750. The van der Waals surface area contributed by atoms with Crippen LogP contribution in [0.3, 0.4) is 0 Å². The number of unbranched alkanes of at least 4 members (excludes halogenated alkanes) is 15. The van der Waals surface area contributed by atoms with Crippen LogP contribution in [0.5, 0.6) is 5.75 Å². The lowest BCUT2D eigenvalue weighted by atomic mass is 9.78. The van der Waals surface area contributed by atoms with Crippen molar-refractivity contribution in [1.29, 1.82) is 0 Å². The fraction of sp³-hybridized carbons (Fsp3) is 0.800. The van der Waals surface area contributed by atoms with Crippen LogP contribution in [0, 0.1) is 0 Å². The average Bonchev–Trinajstić information content (AvgIpc) is 2.86. The maximum atomic E-state index is 12.7. The predicted molar refractivity (Wildman–Crippen MR) is 166 cm³/mol. The Morgan fingerprint density at radius 1 is 0.615 bits per heavy atom. The Hall–Kier alpha value is -1.55. The van der Waals surface area contributed by atoms with Gasteiger partial charge in [0.2, 0.25) is 0 Å². The lowest BCUT2D eigenvalue weighted by molar-refractivity contribution is 0.0312. The van der Waals surface area contributed by atoms with Crippen molar-refractivity contribution in [1.82, 2.24) is 0 Å². The molecule has 1 rings (SSSR count). The van der Waals surface area contributed by atoms with Gasteiger partial charge in [-0.3, -0.25) is 0 Å².